The standard InChI is InChI=1S/C16H23N3O2/c1-12-10-14(6-7-15(12)21-4)19-11-13(2)18-16(19)17-8-5-9-20-3/h6-7,10-11H,5,8-9H2,1-4H3,(H,17,18). The van der Waals surface area contributed by atoms with E-state index in [1.807, 2.05) is 32.2 Å². The van der Waals surface area contributed by atoms with Crippen molar-refractivity contribution in [2.45, 2.75) is 20.3 Å². The predicted molar refractivity (Wildman–Crippen MR) is 84.6 cm³/mol. The molecule has 1 N–H and O–H groups in total. The van der Waals surface area contributed by atoms with E-state index in [9.17, 15) is 0 Å². The van der Waals surface area contributed by atoms with Gasteiger partial charge < -0.3 is 14.8 Å². The van der Waals surface area contributed by atoms with E-state index >= 15 is 0 Å². The molecular formula is C16H23N3O2. The maximum absolute atomic E-state index is 5.31. The third-order valence-corrected chi connectivity index (χ3v) is 3.29. The van der Waals surface area contributed by atoms with Crippen LogP contribution in [0.5, 0.6) is 5.75 Å². The smallest absolute Gasteiger partial charge is 0.207 e. The van der Waals surface area contributed by atoms with Gasteiger partial charge >= 0.3 is 0 Å². The van der Waals surface area contributed by atoms with Crippen LogP contribution in [0.3, 0.4) is 0 Å². The highest BCUT2D eigenvalue weighted by atomic mass is 16.5. The van der Waals surface area contributed by atoms with Crippen LogP contribution in [0.2, 0.25) is 0 Å². The summed E-state index contributed by atoms with van der Waals surface area (Å²) in [6, 6.07) is 6.11. The summed E-state index contributed by atoms with van der Waals surface area (Å²) in [6.45, 7) is 5.61. The summed E-state index contributed by atoms with van der Waals surface area (Å²) in [6.07, 6.45) is 2.98. The third kappa shape index (κ3) is 3.76. The lowest BCUT2D eigenvalue weighted by atomic mass is 10.2. The molecule has 0 amide bonds. The van der Waals surface area contributed by atoms with Crippen molar-refractivity contribution in [1.29, 1.82) is 0 Å². The zero-order valence-electron chi connectivity index (χ0n) is 13.1. The lowest BCUT2D eigenvalue weighted by molar-refractivity contribution is 0.197. The van der Waals surface area contributed by atoms with E-state index in [0.29, 0.717) is 0 Å². The number of nitrogens with one attached hydrogen (secondary N) is 1. The minimum atomic E-state index is 0.744. The maximum Gasteiger partial charge on any atom is 0.207 e. The Balaban J connectivity index is 2.20. The van der Waals surface area contributed by atoms with Crippen LogP contribution in [0.15, 0.2) is 24.4 Å². The molecule has 0 fully saturated rings. The Morgan fingerprint density at radius 1 is 1.24 bits per heavy atom. The van der Waals surface area contributed by atoms with E-state index in [-0.39, 0.29) is 0 Å². The van der Waals surface area contributed by atoms with Crippen molar-refractivity contribution in [3.05, 3.63) is 35.7 Å². The number of rotatable bonds is 7. The van der Waals surface area contributed by atoms with Crippen molar-refractivity contribution in [3.63, 3.8) is 0 Å². The van der Waals surface area contributed by atoms with Gasteiger partial charge in [-0.15, -0.1) is 0 Å². The fraction of sp³-hybridized carbons (Fsp3) is 0.438. The first-order chi connectivity index (χ1) is 10.2. The number of benzene rings is 1. The summed E-state index contributed by atoms with van der Waals surface area (Å²) in [5.74, 6) is 1.75. The summed E-state index contributed by atoms with van der Waals surface area (Å²) >= 11 is 0. The van der Waals surface area contributed by atoms with Crippen molar-refractivity contribution in [3.8, 4) is 11.4 Å². The van der Waals surface area contributed by atoms with Crippen LogP contribution in [0, 0.1) is 13.8 Å². The fourth-order valence-electron chi connectivity index (χ4n) is 2.25. The predicted octanol–water partition coefficient (Wildman–Crippen LogP) is 2.95. The first-order valence-electron chi connectivity index (χ1n) is 7.09. The monoisotopic (exact) mass is 289 g/mol. The normalized spacial score (nSPS) is 10.7. The molecule has 114 valence electrons. The molecule has 0 saturated carbocycles. The Kier molecular flexibility index (Phi) is 5.22. The van der Waals surface area contributed by atoms with Crippen LogP contribution in [-0.4, -0.2) is 36.9 Å². The molecule has 0 radical (unpaired) electrons. The number of imidazole rings is 1. The molecule has 5 nitrogen and oxygen atoms in total. The van der Waals surface area contributed by atoms with Crippen LogP contribution >= 0.6 is 0 Å². The van der Waals surface area contributed by atoms with Crippen molar-refractivity contribution in [2.75, 3.05) is 32.7 Å². The fourth-order valence-corrected chi connectivity index (χ4v) is 2.25. The largest absolute Gasteiger partial charge is 0.496 e. The van der Waals surface area contributed by atoms with E-state index in [1.54, 1.807) is 14.2 Å². The Bertz CT molecular complexity index is 593. The number of methoxy groups -OCH3 is 2. The molecule has 0 saturated heterocycles. The zero-order valence-corrected chi connectivity index (χ0v) is 13.1. The number of hydrogen-bond donors (Lipinski definition) is 1. The van der Waals surface area contributed by atoms with E-state index < -0.39 is 0 Å². The van der Waals surface area contributed by atoms with Gasteiger partial charge in [0.2, 0.25) is 5.95 Å². The topological polar surface area (TPSA) is 48.3 Å². The van der Waals surface area contributed by atoms with Crippen molar-refractivity contribution >= 4 is 5.95 Å². The lowest BCUT2D eigenvalue weighted by Crippen LogP contribution is -2.09. The molecule has 0 aliphatic heterocycles. The number of aryl methyl sites for hydroxylation is 2. The Morgan fingerprint density at radius 3 is 2.71 bits per heavy atom. The first-order valence-corrected chi connectivity index (χ1v) is 7.09. The summed E-state index contributed by atoms with van der Waals surface area (Å²) < 4.78 is 12.4. The molecular weight excluding hydrogens is 266 g/mol. The van der Waals surface area contributed by atoms with E-state index in [0.717, 1.165) is 48.2 Å². The number of hydrogen-bond acceptors (Lipinski definition) is 4. The SMILES string of the molecule is COCCCNc1nc(C)cn1-c1ccc(OC)c(C)c1. The van der Waals surface area contributed by atoms with Crippen LogP contribution in [0.4, 0.5) is 5.95 Å². The summed E-state index contributed by atoms with van der Waals surface area (Å²) in [5.41, 5.74) is 3.16. The highest BCUT2D eigenvalue weighted by Crippen LogP contribution is 2.23. The van der Waals surface area contributed by atoms with Gasteiger partial charge in [0.05, 0.1) is 12.8 Å². The van der Waals surface area contributed by atoms with Gasteiger partial charge in [-0.3, -0.25) is 4.57 Å². The third-order valence-electron chi connectivity index (χ3n) is 3.29. The molecule has 1 aromatic heterocycles. The molecule has 5 heteroatoms. The van der Waals surface area contributed by atoms with Crippen LogP contribution in [-0.2, 0) is 4.74 Å². The molecule has 2 aromatic rings. The first kappa shape index (κ1) is 15.4. The van der Waals surface area contributed by atoms with Crippen LogP contribution in [0.1, 0.15) is 17.7 Å². The van der Waals surface area contributed by atoms with Gasteiger partial charge in [-0.2, -0.15) is 0 Å². The quantitative estimate of drug-likeness (QED) is 0.796. The van der Waals surface area contributed by atoms with Gasteiger partial charge in [0, 0.05) is 32.1 Å². The van der Waals surface area contributed by atoms with Crippen LogP contribution < -0.4 is 10.1 Å². The highest BCUT2D eigenvalue weighted by Gasteiger charge is 2.08. The molecule has 0 atom stereocenters. The Hall–Kier alpha value is -2.01. The number of anilines is 1. The van der Waals surface area contributed by atoms with Crippen molar-refractivity contribution in [1.82, 2.24) is 9.55 Å². The molecule has 0 aliphatic carbocycles. The molecule has 0 unspecified atom stereocenters. The Morgan fingerprint density at radius 2 is 2.05 bits per heavy atom. The van der Waals surface area contributed by atoms with Crippen molar-refractivity contribution in [2.24, 2.45) is 0 Å². The second-order valence-corrected chi connectivity index (χ2v) is 5.00. The molecule has 1 aromatic carbocycles. The number of nitrogens with zero attached hydrogens (tertiary/aromatic N) is 2. The molecule has 1 heterocycles. The Labute approximate surface area is 125 Å². The molecule has 0 aliphatic rings. The molecule has 21 heavy (non-hydrogen) atoms. The van der Waals surface area contributed by atoms with Gasteiger partial charge in [0.1, 0.15) is 5.75 Å². The second kappa shape index (κ2) is 7.13. The van der Waals surface area contributed by atoms with Gasteiger partial charge in [0.15, 0.2) is 0 Å². The summed E-state index contributed by atoms with van der Waals surface area (Å²) in [5, 5.41) is 3.36. The van der Waals surface area contributed by atoms with Crippen molar-refractivity contribution < 1.29 is 9.47 Å². The summed E-state index contributed by atoms with van der Waals surface area (Å²) in [7, 11) is 3.40. The van der Waals surface area contributed by atoms with Gasteiger partial charge in [-0.1, -0.05) is 0 Å². The second-order valence-electron chi connectivity index (χ2n) is 5.00. The summed E-state index contributed by atoms with van der Waals surface area (Å²) in [4.78, 5) is 4.54. The highest BCUT2D eigenvalue weighted by molar-refractivity contribution is 5.48. The molecule has 0 spiro atoms. The van der Waals surface area contributed by atoms with E-state index in [1.165, 1.54) is 0 Å². The zero-order chi connectivity index (χ0) is 15.2. The van der Waals surface area contributed by atoms with E-state index in [4.69, 9.17) is 9.47 Å². The maximum atomic E-state index is 5.31. The average Bonchev–Trinajstić information content (AvgIpc) is 2.84. The average molecular weight is 289 g/mol. The van der Waals surface area contributed by atoms with Gasteiger partial charge in [0.25, 0.3) is 0 Å². The minimum Gasteiger partial charge on any atom is -0.496 e. The number of aromatic nitrogens is 2. The molecule has 2 rings (SSSR count). The lowest BCUT2D eigenvalue weighted by Gasteiger charge is -2.12. The van der Waals surface area contributed by atoms with Gasteiger partial charge in [-0.05, 0) is 44.0 Å². The van der Waals surface area contributed by atoms with Crippen LogP contribution in [0.25, 0.3) is 5.69 Å². The van der Waals surface area contributed by atoms with Gasteiger partial charge in [-0.25, -0.2) is 4.98 Å². The van der Waals surface area contributed by atoms with E-state index in [2.05, 4.69) is 20.9 Å². The minimum absolute atomic E-state index is 0.744. The number of ether oxygens (including phenoxy) is 2. The molecule has 0 bridgehead atoms.